The van der Waals surface area contributed by atoms with E-state index in [4.69, 9.17) is 4.84 Å². The third-order valence-electron chi connectivity index (χ3n) is 5.87. The maximum atomic E-state index is 13.0. The van der Waals surface area contributed by atoms with E-state index in [1.807, 2.05) is 24.3 Å². The van der Waals surface area contributed by atoms with Gasteiger partial charge in [-0.1, -0.05) is 24.3 Å². The maximum absolute atomic E-state index is 13.0. The van der Waals surface area contributed by atoms with Crippen molar-refractivity contribution >= 4 is 34.4 Å². The summed E-state index contributed by atoms with van der Waals surface area (Å²) in [6, 6.07) is 12.9. The molecule has 4 rings (SSSR count). The highest BCUT2D eigenvalue weighted by Gasteiger charge is 2.25. The molecule has 0 spiro atoms. The molecular weight excluding hydrogens is 436 g/mol. The lowest BCUT2D eigenvalue weighted by Crippen LogP contribution is -2.42. The topological polar surface area (TPSA) is 124 Å². The molecule has 1 atom stereocenters. The van der Waals surface area contributed by atoms with Crippen molar-refractivity contribution in [2.45, 2.75) is 38.3 Å². The molecule has 1 fully saturated rings. The average Bonchev–Trinajstić information content (AvgIpc) is 3.25. The van der Waals surface area contributed by atoms with Crippen LogP contribution in [0.4, 0.5) is 5.69 Å². The SMILES string of the molecule is CC(=O)N(OC1CCNCC1)c1cccc(C(=O)N[C@@H](Cc2c[nH]c3ccccc23)C(=O)O)c1. The number of aromatic nitrogens is 1. The summed E-state index contributed by atoms with van der Waals surface area (Å²) >= 11 is 0. The van der Waals surface area contributed by atoms with Crippen molar-refractivity contribution in [1.82, 2.24) is 15.6 Å². The van der Waals surface area contributed by atoms with Gasteiger partial charge in [-0.3, -0.25) is 14.4 Å². The zero-order valence-electron chi connectivity index (χ0n) is 18.9. The number of para-hydroxylation sites is 1. The number of aliphatic carboxylic acids is 1. The second kappa shape index (κ2) is 10.5. The van der Waals surface area contributed by atoms with Crippen LogP contribution in [0.1, 0.15) is 35.7 Å². The average molecular weight is 465 g/mol. The van der Waals surface area contributed by atoms with E-state index in [2.05, 4.69) is 15.6 Å². The number of nitrogens with zero attached hydrogens (tertiary/aromatic N) is 1. The number of rotatable bonds is 8. The molecule has 34 heavy (non-hydrogen) atoms. The van der Waals surface area contributed by atoms with E-state index in [1.165, 1.54) is 18.1 Å². The van der Waals surface area contributed by atoms with Crippen LogP contribution >= 0.6 is 0 Å². The summed E-state index contributed by atoms with van der Waals surface area (Å²) in [6.45, 7) is 3.02. The lowest BCUT2D eigenvalue weighted by atomic mass is 10.0. The number of benzene rings is 2. The Morgan fingerprint density at radius 2 is 1.91 bits per heavy atom. The van der Waals surface area contributed by atoms with Gasteiger partial charge in [0.25, 0.3) is 5.91 Å². The van der Waals surface area contributed by atoms with Crippen LogP contribution in [0.25, 0.3) is 10.9 Å². The van der Waals surface area contributed by atoms with Crippen molar-refractivity contribution in [1.29, 1.82) is 0 Å². The van der Waals surface area contributed by atoms with Crippen molar-refractivity contribution in [3.8, 4) is 0 Å². The lowest BCUT2D eigenvalue weighted by Gasteiger charge is -2.29. The minimum absolute atomic E-state index is 0.102. The van der Waals surface area contributed by atoms with Crippen LogP contribution in [0.5, 0.6) is 0 Å². The molecule has 9 nitrogen and oxygen atoms in total. The van der Waals surface area contributed by atoms with Crippen LogP contribution in [0.2, 0.25) is 0 Å². The molecule has 9 heteroatoms. The molecule has 3 aromatic rings. The van der Waals surface area contributed by atoms with Gasteiger partial charge in [-0.25, -0.2) is 4.79 Å². The number of anilines is 1. The summed E-state index contributed by atoms with van der Waals surface area (Å²) in [5.74, 6) is -1.98. The maximum Gasteiger partial charge on any atom is 0.326 e. The molecule has 4 N–H and O–H groups in total. The number of carbonyl (C=O) groups is 3. The predicted octanol–water partition coefficient (Wildman–Crippen LogP) is 2.63. The number of fused-ring (bicyclic) bond motifs is 1. The summed E-state index contributed by atoms with van der Waals surface area (Å²) in [4.78, 5) is 46.2. The number of hydroxylamine groups is 1. The van der Waals surface area contributed by atoms with Crippen LogP contribution in [-0.2, 0) is 20.8 Å². The highest BCUT2D eigenvalue weighted by Crippen LogP contribution is 2.22. The standard InChI is InChI=1S/C25H28N4O5/c1-16(30)29(34-20-9-11-26-12-10-20)19-6-4-5-17(13-19)24(31)28-23(25(32)33)14-18-15-27-22-8-3-2-7-21(18)22/h2-8,13,15,20,23,26-27H,9-12,14H2,1H3,(H,28,31)(H,32,33)/t23-/m0/s1. The van der Waals surface area contributed by atoms with Gasteiger partial charge in [0, 0.05) is 36.0 Å². The van der Waals surface area contributed by atoms with Gasteiger partial charge in [0.05, 0.1) is 11.8 Å². The van der Waals surface area contributed by atoms with E-state index in [0.29, 0.717) is 5.69 Å². The van der Waals surface area contributed by atoms with Gasteiger partial charge in [-0.05, 0) is 55.8 Å². The quantitative estimate of drug-likeness (QED) is 0.380. The van der Waals surface area contributed by atoms with E-state index in [0.717, 1.165) is 42.4 Å². The lowest BCUT2D eigenvalue weighted by molar-refractivity contribution is -0.139. The zero-order chi connectivity index (χ0) is 24.1. The van der Waals surface area contributed by atoms with Gasteiger partial charge in [-0.15, -0.1) is 0 Å². The van der Waals surface area contributed by atoms with Gasteiger partial charge >= 0.3 is 5.97 Å². The van der Waals surface area contributed by atoms with E-state index in [9.17, 15) is 19.5 Å². The second-order valence-electron chi connectivity index (χ2n) is 8.35. The van der Waals surface area contributed by atoms with Crippen molar-refractivity contribution in [3.05, 3.63) is 65.9 Å². The van der Waals surface area contributed by atoms with Crippen LogP contribution in [0.3, 0.4) is 0 Å². The Kier molecular flexibility index (Phi) is 7.24. The first-order valence-electron chi connectivity index (χ1n) is 11.3. The predicted molar refractivity (Wildman–Crippen MR) is 127 cm³/mol. The molecule has 0 radical (unpaired) electrons. The fraction of sp³-hybridized carbons (Fsp3) is 0.320. The van der Waals surface area contributed by atoms with Crippen LogP contribution in [-0.4, -0.2) is 53.1 Å². The smallest absolute Gasteiger partial charge is 0.326 e. The number of carboxylic acids is 1. The molecule has 2 aromatic carbocycles. The van der Waals surface area contributed by atoms with E-state index in [-0.39, 0.29) is 24.0 Å². The monoisotopic (exact) mass is 464 g/mol. The molecule has 1 saturated heterocycles. The van der Waals surface area contributed by atoms with Gasteiger partial charge < -0.3 is 20.7 Å². The summed E-state index contributed by atoms with van der Waals surface area (Å²) in [7, 11) is 0. The normalized spacial score (nSPS) is 15.1. The molecule has 0 bridgehead atoms. The minimum atomic E-state index is -1.13. The number of H-pyrrole nitrogens is 1. The fourth-order valence-corrected chi connectivity index (χ4v) is 4.10. The third kappa shape index (κ3) is 5.44. The van der Waals surface area contributed by atoms with Crippen LogP contribution in [0, 0.1) is 0 Å². The van der Waals surface area contributed by atoms with Crippen LogP contribution < -0.4 is 15.7 Å². The van der Waals surface area contributed by atoms with E-state index < -0.39 is 17.9 Å². The summed E-state index contributed by atoms with van der Waals surface area (Å²) < 4.78 is 0. The third-order valence-corrected chi connectivity index (χ3v) is 5.87. The van der Waals surface area contributed by atoms with E-state index in [1.54, 1.807) is 24.4 Å². The largest absolute Gasteiger partial charge is 0.480 e. The molecule has 178 valence electrons. The highest BCUT2D eigenvalue weighted by molar-refractivity contribution is 5.99. The molecule has 0 unspecified atom stereocenters. The first kappa shape index (κ1) is 23.5. The Morgan fingerprint density at radius 3 is 2.65 bits per heavy atom. The fourth-order valence-electron chi connectivity index (χ4n) is 4.10. The number of nitrogens with one attached hydrogen (secondary N) is 3. The zero-order valence-corrected chi connectivity index (χ0v) is 18.9. The molecular formula is C25H28N4O5. The Balaban J connectivity index is 1.49. The molecule has 0 saturated carbocycles. The number of hydrogen-bond acceptors (Lipinski definition) is 5. The Hall–Kier alpha value is -3.69. The molecule has 1 aromatic heterocycles. The number of amides is 2. The van der Waals surface area contributed by atoms with Gasteiger partial charge in [0.1, 0.15) is 6.04 Å². The van der Waals surface area contributed by atoms with Gasteiger partial charge in [-0.2, -0.15) is 5.06 Å². The summed E-state index contributed by atoms with van der Waals surface area (Å²) in [5.41, 5.74) is 2.36. The molecule has 1 aliphatic rings. The Morgan fingerprint density at radius 1 is 1.15 bits per heavy atom. The minimum Gasteiger partial charge on any atom is -0.480 e. The first-order valence-corrected chi connectivity index (χ1v) is 11.3. The second-order valence-corrected chi connectivity index (χ2v) is 8.35. The molecule has 0 aliphatic carbocycles. The van der Waals surface area contributed by atoms with Crippen LogP contribution in [0.15, 0.2) is 54.7 Å². The number of carbonyl (C=O) groups excluding carboxylic acids is 2. The summed E-state index contributed by atoms with van der Waals surface area (Å²) in [6.07, 6.45) is 3.34. The van der Waals surface area contributed by atoms with Gasteiger partial charge in [0.15, 0.2) is 0 Å². The highest BCUT2D eigenvalue weighted by atomic mass is 16.7. The number of hydrogen-bond donors (Lipinski definition) is 4. The molecule has 2 heterocycles. The van der Waals surface area contributed by atoms with Crippen molar-refractivity contribution < 1.29 is 24.3 Å². The molecule has 1 aliphatic heterocycles. The van der Waals surface area contributed by atoms with Crippen molar-refractivity contribution in [2.24, 2.45) is 0 Å². The van der Waals surface area contributed by atoms with E-state index >= 15 is 0 Å². The number of carboxylic acid groups (broad SMARTS) is 1. The number of piperidine rings is 1. The Labute approximate surface area is 197 Å². The summed E-state index contributed by atoms with van der Waals surface area (Å²) in [5, 5.41) is 17.7. The molecule has 2 amide bonds. The van der Waals surface area contributed by atoms with Gasteiger partial charge in [0.2, 0.25) is 5.91 Å². The van der Waals surface area contributed by atoms with Crippen molar-refractivity contribution in [2.75, 3.05) is 18.2 Å². The Bertz CT molecular complexity index is 1180. The number of aromatic amines is 1. The first-order chi connectivity index (χ1) is 16.4. The van der Waals surface area contributed by atoms with Crippen molar-refractivity contribution in [3.63, 3.8) is 0 Å².